The quantitative estimate of drug-likeness (QED) is 0.651. The Labute approximate surface area is 160 Å². The number of thiophene rings is 1. The molecule has 0 aliphatic rings. The largest absolute Gasteiger partial charge is 0.459 e. The van der Waals surface area contributed by atoms with Gasteiger partial charge in [0.2, 0.25) is 0 Å². The molecule has 0 unspecified atom stereocenters. The number of aryl methyl sites for hydroxylation is 1. The molecule has 0 aliphatic carbocycles. The highest BCUT2D eigenvalue weighted by Gasteiger charge is 2.26. The first-order valence-corrected chi connectivity index (χ1v) is 10.9. The van der Waals surface area contributed by atoms with Crippen molar-refractivity contribution >= 4 is 48.3 Å². The van der Waals surface area contributed by atoms with Crippen LogP contribution in [-0.2, 0) is 21.2 Å². The van der Waals surface area contributed by atoms with Gasteiger partial charge in [0.15, 0.2) is 0 Å². The molecule has 0 radical (unpaired) electrons. The predicted octanol–water partition coefficient (Wildman–Crippen LogP) is 4.75. The minimum absolute atomic E-state index is 0.128. The van der Waals surface area contributed by atoms with Crippen LogP contribution in [0.25, 0.3) is 0 Å². The minimum atomic E-state index is -3.79. The van der Waals surface area contributed by atoms with Crippen LogP contribution in [0.2, 0.25) is 0 Å². The molecular weight excluding hydrogens is 426 g/mol. The lowest BCUT2D eigenvalue weighted by atomic mass is 10.1. The van der Waals surface area contributed by atoms with Crippen molar-refractivity contribution in [1.82, 2.24) is 0 Å². The minimum Gasteiger partial charge on any atom is -0.459 e. The summed E-state index contributed by atoms with van der Waals surface area (Å²) in [7, 11) is -3.79. The van der Waals surface area contributed by atoms with Crippen molar-refractivity contribution < 1.29 is 17.9 Å². The van der Waals surface area contributed by atoms with E-state index < -0.39 is 16.0 Å². The summed E-state index contributed by atoms with van der Waals surface area (Å²) in [6, 6.07) is 6.30. The molecule has 8 heteroatoms. The molecule has 1 aromatic carbocycles. The van der Waals surface area contributed by atoms with Crippen LogP contribution in [-0.4, -0.2) is 20.5 Å². The molecule has 0 saturated carbocycles. The van der Waals surface area contributed by atoms with E-state index in [9.17, 15) is 13.2 Å². The Kier molecular flexibility index (Phi) is 6.29. The molecule has 2 rings (SSSR count). The molecule has 1 heterocycles. The lowest BCUT2D eigenvalue weighted by Crippen LogP contribution is -2.17. The number of carbonyl (C=O) groups is 1. The zero-order chi connectivity index (χ0) is 18.8. The number of sulfonamides is 1. The van der Waals surface area contributed by atoms with E-state index in [2.05, 4.69) is 20.7 Å². The summed E-state index contributed by atoms with van der Waals surface area (Å²) in [4.78, 5) is 13.5. The third-order valence-corrected chi connectivity index (χ3v) is 6.55. The molecule has 0 fully saturated rings. The Morgan fingerprint density at radius 2 is 1.88 bits per heavy atom. The van der Waals surface area contributed by atoms with Crippen molar-refractivity contribution in [2.75, 3.05) is 4.72 Å². The van der Waals surface area contributed by atoms with Gasteiger partial charge in [0.05, 0.1) is 16.6 Å². The summed E-state index contributed by atoms with van der Waals surface area (Å²) in [6.45, 7) is 7.31. The van der Waals surface area contributed by atoms with Gasteiger partial charge in [-0.1, -0.05) is 22.9 Å². The van der Waals surface area contributed by atoms with E-state index in [0.717, 1.165) is 14.9 Å². The molecule has 1 N–H and O–H groups in total. The van der Waals surface area contributed by atoms with Crippen LogP contribution in [0.5, 0.6) is 0 Å². The maximum Gasteiger partial charge on any atom is 0.341 e. The van der Waals surface area contributed by atoms with Crippen molar-refractivity contribution in [2.45, 2.75) is 45.1 Å². The van der Waals surface area contributed by atoms with Gasteiger partial charge in [-0.15, -0.1) is 11.3 Å². The Morgan fingerprint density at radius 1 is 1.28 bits per heavy atom. The first-order valence-electron chi connectivity index (χ1n) is 7.77. The van der Waals surface area contributed by atoms with Crippen molar-refractivity contribution in [2.24, 2.45) is 0 Å². The highest BCUT2D eigenvalue weighted by atomic mass is 79.9. The SMILES string of the molecule is CCc1c(C)sc(NS(=O)(=O)c2ccc(Br)cc2)c1C(=O)OC(C)C. The van der Waals surface area contributed by atoms with E-state index in [1.165, 1.54) is 23.5 Å². The Bertz CT molecular complexity index is 871. The molecular formula is C17H20BrNO4S2. The van der Waals surface area contributed by atoms with Gasteiger partial charge in [0.1, 0.15) is 5.00 Å². The molecule has 2 aromatic rings. The second-order valence-corrected chi connectivity index (χ2v) is 9.53. The summed E-state index contributed by atoms with van der Waals surface area (Å²) < 4.78 is 33.9. The highest BCUT2D eigenvalue weighted by Crippen LogP contribution is 2.35. The summed E-state index contributed by atoms with van der Waals surface area (Å²) in [6.07, 6.45) is 0.332. The topological polar surface area (TPSA) is 72.5 Å². The van der Waals surface area contributed by atoms with E-state index >= 15 is 0 Å². The lowest BCUT2D eigenvalue weighted by molar-refractivity contribution is 0.0378. The van der Waals surface area contributed by atoms with Crippen LogP contribution in [0.3, 0.4) is 0 Å². The second-order valence-electron chi connectivity index (χ2n) is 5.71. The third-order valence-electron chi connectivity index (χ3n) is 3.46. The zero-order valence-corrected chi connectivity index (χ0v) is 17.6. The molecule has 0 spiro atoms. The smallest absolute Gasteiger partial charge is 0.341 e. The molecule has 1 aromatic heterocycles. The second kappa shape index (κ2) is 7.88. The monoisotopic (exact) mass is 445 g/mol. The lowest BCUT2D eigenvalue weighted by Gasteiger charge is -2.12. The Hall–Kier alpha value is -1.38. The van der Waals surface area contributed by atoms with E-state index in [-0.39, 0.29) is 11.0 Å². The van der Waals surface area contributed by atoms with Crippen LogP contribution in [0.15, 0.2) is 33.6 Å². The number of benzene rings is 1. The van der Waals surface area contributed by atoms with E-state index in [0.29, 0.717) is 17.0 Å². The number of rotatable bonds is 6. The van der Waals surface area contributed by atoms with Crippen molar-refractivity contribution in [3.05, 3.63) is 44.7 Å². The number of anilines is 1. The van der Waals surface area contributed by atoms with Gasteiger partial charge in [0, 0.05) is 9.35 Å². The van der Waals surface area contributed by atoms with Crippen molar-refractivity contribution in [1.29, 1.82) is 0 Å². The number of carbonyl (C=O) groups excluding carboxylic acids is 1. The van der Waals surface area contributed by atoms with E-state index in [1.807, 2.05) is 13.8 Å². The van der Waals surface area contributed by atoms with Gasteiger partial charge in [-0.05, 0) is 57.0 Å². The summed E-state index contributed by atoms with van der Waals surface area (Å²) >= 11 is 4.53. The van der Waals surface area contributed by atoms with Crippen LogP contribution in [0.1, 0.15) is 41.6 Å². The van der Waals surface area contributed by atoms with Gasteiger partial charge in [-0.3, -0.25) is 4.72 Å². The number of nitrogens with one attached hydrogen (secondary N) is 1. The average Bonchev–Trinajstić information content (AvgIpc) is 2.81. The molecule has 0 saturated heterocycles. The number of esters is 1. The van der Waals surface area contributed by atoms with Crippen molar-refractivity contribution in [3.8, 4) is 0 Å². The summed E-state index contributed by atoms with van der Waals surface area (Å²) in [5.74, 6) is -0.510. The number of ether oxygens (including phenoxy) is 1. The van der Waals surface area contributed by atoms with E-state index in [4.69, 9.17) is 4.74 Å². The molecule has 0 atom stereocenters. The number of halogens is 1. The molecule has 5 nitrogen and oxygen atoms in total. The van der Waals surface area contributed by atoms with Gasteiger partial charge in [0.25, 0.3) is 10.0 Å². The van der Waals surface area contributed by atoms with E-state index in [1.54, 1.807) is 26.0 Å². The predicted molar refractivity (Wildman–Crippen MR) is 104 cm³/mol. The maximum absolute atomic E-state index is 12.6. The van der Waals surface area contributed by atoms with Gasteiger partial charge in [-0.25, -0.2) is 13.2 Å². The fourth-order valence-corrected chi connectivity index (χ4v) is 5.06. The fourth-order valence-electron chi connectivity index (χ4n) is 2.36. The summed E-state index contributed by atoms with van der Waals surface area (Å²) in [5.41, 5.74) is 1.11. The van der Waals surface area contributed by atoms with Crippen LogP contribution >= 0.6 is 27.3 Å². The summed E-state index contributed by atoms with van der Waals surface area (Å²) in [5, 5.41) is 0.294. The first-order chi connectivity index (χ1) is 11.7. The van der Waals surface area contributed by atoms with Crippen LogP contribution < -0.4 is 4.72 Å². The molecule has 0 amide bonds. The maximum atomic E-state index is 12.6. The average molecular weight is 446 g/mol. The molecule has 0 aliphatic heterocycles. The molecule has 136 valence electrons. The van der Waals surface area contributed by atoms with Crippen molar-refractivity contribution in [3.63, 3.8) is 0 Å². The normalized spacial score (nSPS) is 11.6. The van der Waals surface area contributed by atoms with Gasteiger partial charge in [-0.2, -0.15) is 0 Å². The standard InChI is InChI=1S/C17H20BrNO4S2/c1-5-14-11(4)24-16(15(14)17(20)23-10(2)3)19-25(21,22)13-8-6-12(18)7-9-13/h6-10,19H,5H2,1-4H3. The number of hydrogen-bond donors (Lipinski definition) is 1. The van der Waals surface area contributed by atoms with Gasteiger partial charge < -0.3 is 4.74 Å². The highest BCUT2D eigenvalue weighted by molar-refractivity contribution is 9.10. The first kappa shape index (κ1) is 19.9. The Morgan fingerprint density at radius 3 is 2.40 bits per heavy atom. The molecule has 25 heavy (non-hydrogen) atoms. The third kappa shape index (κ3) is 4.62. The van der Waals surface area contributed by atoms with Crippen LogP contribution in [0.4, 0.5) is 5.00 Å². The van der Waals surface area contributed by atoms with Crippen LogP contribution in [0, 0.1) is 6.92 Å². The Balaban J connectivity index is 2.45. The number of hydrogen-bond acceptors (Lipinski definition) is 5. The molecule has 0 bridgehead atoms. The fraction of sp³-hybridized carbons (Fsp3) is 0.353. The van der Waals surface area contributed by atoms with Gasteiger partial charge >= 0.3 is 5.97 Å². The zero-order valence-electron chi connectivity index (χ0n) is 14.4.